The highest BCUT2D eigenvalue weighted by Gasteiger charge is 2.48. The van der Waals surface area contributed by atoms with Crippen molar-refractivity contribution in [3.63, 3.8) is 0 Å². The average Bonchev–Trinajstić information content (AvgIpc) is 3.47. The highest BCUT2D eigenvalue weighted by Crippen LogP contribution is 2.43. The van der Waals surface area contributed by atoms with E-state index < -0.39 is 35.5 Å². The fourth-order valence-electron chi connectivity index (χ4n) is 9.83. The third-order valence-electron chi connectivity index (χ3n) is 13.3. The summed E-state index contributed by atoms with van der Waals surface area (Å²) >= 11 is 6.15. The molecule has 1 saturated carbocycles. The van der Waals surface area contributed by atoms with Crippen LogP contribution in [0.3, 0.4) is 0 Å². The first-order valence-electron chi connectivity index (χ1n) is 20.8. The first-order chi connectivity index (χ1) is 29.0. The first-order valence-corrected chi connectivity index (χ1v) is 21.1. The molecule has 5 aliphatic heterocycles. The lowest BCUT2D eigenvalue weighted by molar-refractivity contribution is -0.136. The van der Waals surface area contributed by atoms with Crippen LogP contribution < -0.4 is 25.2 Å². The molecule has 17 heteroatoms. The summed E-state index contributed by atoms with van der Waals surface area (Å²) in [5.41, 5.74) is 1.33. The van der Waals surface area contributed by atoms with Crippen molar-refractivity contribution >= 4 is 52.8 Å². The third-order valence-corrected chi connectivity index (χ3v) is 13.6. The maximum absolute atomic E-state index is 15.5. The zero-order chi connectivity index (χ0) is 41.7. The van der Waals surface area contributed by atoms with E-state index in [2.05, 4.69) is 30.4 Å². The minimum atomic E-state index is -1.10. The Morgan fingerprint density at radius 2 is 1.58 bits per heavy atom. The zero-order valence-corrected chi connectivity index (χ0v) is 33.8. The molecule has 1 atom stereocenters. The molecule has 1 unspecified atom stereocenters. The molecule has 0 bridgehead atoms. The number of benzene rings is 2. The summed E-state index contributed by atoms with van der Waals surface area (Å²) in [6, 6.07) is 8.96. The lowest BCUT2D eigenvalue weighted by Gasteiger charge is -2.55. The molecule has 60 heavy (non-hydrogen) atoms. The van der Waals surface area contributed by atoms with Crippen LogP contribution >= 0.6 is 11.6 Å². The highest BCUT2D eigenvalue weighted by atomic mass is 35.5. The summed E-state index contributed by atoms with van der Waals surface area (Å²) in [5.74, 6) is -2.02. The molecule has 6 aliphatic rings. The molecule has 9 rings (SSSR count). The SMILES string of the molecule is N#Cc1ccc(OC2CCC(NC(=O)c3cnc(N4CC5(CCN(C6CCN(c7cc8c(cc7F)C(=O)N(C7CCC(=O)NC7=O)C8=O)CC6)CC5)C4)nc3)CC2)cc1Cl. The van der Waals surface area contributed by atoms with Gasteiger partial charge in [0.15, 0.2) is 0 Å². The van der Waals surface area contributed by atoms with Crippen LogP contribution in [0.15, 0.2) is 42.7 Å². The maximum atomic E-state index is 15.5. The molecule has 0 radical (unpaired) electrons. The number of carbonyl (C=O) groups excluding carboxylic acids is 5. The first kappa shape index (κ1) is 39.8. The van der Waals surface area contributed by atoms with Gasteiger partial charge in [-0.2, -0.15) is 5.26 Å². The van der Waals surface area contributed by atoms with Crippen LogP contribution in [0.5, 0.6) is 5.75 Å². The smallest absolute Gasteiger partial charge is 0.262 e. The molecule has 2 aromatic carbocycles. The van der Waals surface area contributed by atoms with Crippen molar-refractivity contribution in [2.24, 2.45) is 5.41 Å². The number of fused-ring (bicyclic) bond motifs is 1. The van der Waals surface area contributed by atoms with E-state index in [-0.39, 0.29) is 53.1 Å². The van der Waals surface area contributed by atoms with E-state index in [0.717, 1.165) is 88.5 Å². The number of amides is 5. The monoisotopic (exact) mass is 837 g/mol. The predicted molar refractivity (Wildman–Crippen MR) is 216 cm³/mol. The van der Waals surface area contributed by atoms with Gasteiger partial charge in [0.05, 0.1) is 39.1 Å². The van der Waals surface area contributed by atoms with Crippen LogP contribution in [0.2, 0.25) is 5.02 Å². The molecule has 2 N–H and O–H groups in total. The Hall–Kier alpha value is -5.66. The number of halogens is 2. The number of nitrogens with one attached hydrogen (secondary N) is 2. The third kappa shape index (κ3) is 7.64. The number of rotatable bonds is 8. The second-order valence-corrected chi connectivity index (χ2v) is 17.4. The topological polar surface area (TPSA) is 181 Å². The second-order valence-electron chi connectivity index (χ2n) is 17.0. The van der Waals surface area contributed by atoms with E-state index in [1.54, 1.807) is 30.6 Å². The predicted octanol–water partition coefficient (Wildman–Crippen LogP) is 4.23. The van der Waals surface area contributed by atoms with E-state index in [9.17, 15) is 24.0 Å². The van der Waals surface area contributed by atoms with Gasteiger partial charge >= 0.3 is 0 Å². The van der Waals surface area contributed by atoms with Crippen molar-refractivity contribution in [1.82, 2.24) is 30.4 Å². The second kappa shape index (κ2) is 16.1. The fourth-order valence-corrected chi connectivity index (χ4v) is 10.0. The van der Waals surface area contributed by atoms with Crippen LogP contribution in [0.1, 0.15) is 101 Å². The number of piperidine rings is 3. The lowest BCUT2D eigenvalue weighted by atomic mass is 9.71. The molecule has 5 amide bonds. The minimum Gasteiger partial charge on any atom is -0.490 e. The van der Waals surface area contributed by atoms with Crippen LogP contribution in [0.25, 0.3) is 0 Å². The molecule has 1 aliphatic carbocycles. The van der Waals surface area contributed by atoms with E-state index in [4.69, 9.17) is 21.6 Å². The van der Waals surface area contributed by atoms with Crippen LogP contribution in [0.4, 0.5) is 16.0 Å². The summed E-state index contributed by atoms with van der Waals surface area (Å²) < 4.78 is 21.6. The average molecular weight is 838 g/mol. The van der Waals surface area contributed by atoms with E-state index in [1.807, 2.05) is 11.0 Å². The Morgan fingerprint density at radius 1 is 0.900 bits per heavy atom. The molecule has 1 aromatic heterocycles. The standard InChI is InChI=1S/C43H45ClFN9O6/c44-33-17-30(4-1-25(33)20-46)60-29-5-2-27(3-6-29)49-38(56)26-21-47-42(48-22-26)53-23-43(24-53)11-15-51(16-12-43)28-9-13-52(14-10-28)36-19-32-31(18-34(36)45)40(58)54(41(32)59)35-7-8-37(55)50-39(35)57/h1,4,17-19,21-22,27-29,35H,2-3,5-16,23-24H2,(H,49,56)(H,50,55,57). The molecule has 6 heterocycles. The molecule has 4 saturated heterocycles. The number of anilines is 2. The van der Waals surface area contributed by atoms with Crippen molar-refractivity contribution in [3.8, 4) is 11.8 Å². The minimum absolute atomic E-state index is 0.0135. The number of carbonyl (C=O) groups is 5. The Morgan fingerprint density at radius 3 is 2.23 bits per heavy atom. The Kier molecular flexibility index (Phi) is 10.7. The van der Waals surface area contributed by atoms with Crippen molar-refractivity contribution in [2.75, 3.05) is 49.1 Å². The van der Waals surface area contributed by atoms with Crippen LogP contribution in [-0.2, 0) is 9.59 Å². The van der Waals surface area contributed by atoms with Gasteiger partial charge in [-0.1, -0.05) is 11.6 Å². The molecule has 15 nitrogen and oxygen atoms in total. The van der Waals surface area contributed by atoms with E-state index in [1.165, 1.54) is 6.07 Å². The van der Waals surface area contributed by atoms with Gasteiger partial charge in [-0.25, -0.2) is 14.4 Å². The Balaban J connectivity index is 0.709. The zero-order valence-electron chi connectivity index (χ0n) is 33.0. The molecule has 3 aromatic rings. The molecule has 1 spiro atoms. The van der Waals surface area contributed by atoms with Crippen molar-refractivity contribution in [3.05, 3.63) is 75.8 Å². The van der Waals surface area contributed by atoms with Gasteiger partial charge in [0.1, 0.15) is 23.7 Å². The quantitative estimate of drug-likeness (QED) is 0.309. The van der Waals surface area contributed by atoms with E-state index >= 15 is 4.39 Å². The number of nitrogens with zero attached hydrogens (tertiary/aromatic N) is 7. The number of hydrogen-bond donors (Lipinski definition) is 2. The van der Waals surface area contributed by atoms with Gasteiger partial charge in [0.25, 0.3) is 17.7 Å². The van der Waals surface area contributed by atoms with Crippen LogP contribution in [0, 0.1) is 22.6 Å². The number of nitriles is 1. The van der Waals surface area contributed by atoms with Crippen molar-refractivity contribution in [1.29, 1.82) is 5.26 Å². The van der Waals surface area contributed by atoms with Crippen LogP contribution in [-0.4, -0.2) is 113 Å². The Bertz CT molecular complexity index is 2270. The number of likely N-dealkylation sites (tertiary alicyclic amines) is 1. The number of imide groups is 2. The van der Waals surface area contributed by atoms with Gasteiger partial charge in [0, 0.05) is 68.6 Å². The summed E-state index contributed by atoms with van der Waals surface area (Å²) in [6.45, 7) is 4.88. The number of ether oxygens (including phenoxy) is 1. The highest BCUT2D eigenvalue weighted by molar-refractivity contribution is 6.31. The lowest BCUT2D eigenvalue weighted by Crippen LogP contribution is -2.62. The van der Waals surface area contributed by atoms with Crippen molar-refractivity contribution < 1.29 is 33.1 Å². The summed E-state index contributed by atoms with van der Waals surface area (Å²) in [5, 5.41) is 14.8. The summed E-state index contributed by atoms with van der Waals surface area (Å²) in [7, 11) is 0. The maximum Gasteiger partial charge on any atom is 0.262 e. The van der Waals surface area contributed by atoms with Gasteiger partial charge in [-0.15, -0.1) is 0 Å². The molecule has 312 valence electrons. The summed E-state index contributed by atoms with van der Waals surface area (Å²) in [4.78, 5) is 80.2. The normalized spacial score (nSPS) is 24.5. The van der Waals surface area contributed by atoms with Gasteiger partial charge in [-0.05, 0) is 95.1 Å². The number of aromatic nitrogens is 2. The number of hydrogen-bond acceptors (Lipinski definition) is 12. The molecule has 5 fully saturated rings. The Labute approximate surface area is 351 Å². The van der Waals surface area contributed by atoms with Gasteiger partial charge in [-0.3, -0.25) is 34.2 Å². The largest absolute Gasteiger partial charge is 0.490 e. The molecular formula is C43H45ClFN9O6. The van der Waals surface area contributed by atoms with Gasteiger partial charge in [0.2, 0.25) is 17.8 Å². The van der Waals surface area contributed by atoms with Crippen molar-refractivity contribution in [2.45, 2.75) is 88.4 Å². The van der Waals surface area contributed by atoms with Gasteiger partial charge < -0.3 is 24.8 Å². The van der Waals surface area contributed by atoms with E-state index in [0.29, 0.717) is 47.0 Å². The summed E-state index contributed by atoms with van der Waals surface area (Å²) in [6.07, 6.45) is 10.2. The fraction of sp³-hybridized carbons (Fsp3) is 0.488. The molecular weight excluding hydrogens is 793 g/mol.